The molecule has 1 N–H and O–H groups in total. The molecule has 7 nitrogen and oxygen atoms in total. The lowest BCUT2D eigenvalue weighted by Crippen LogP contribution is -2.28. The summed E-state index contributed by atoms with van der Waals surface area (Å²) < 4.78 is 4.63. The van der Waals surface area contributed by atoms with Crippen LogP contribution in [0.25, 0.3) is 21.3 Å². The number of nitrogens with one attached hydrogen (secondary N) is 1. The van der Waals surface area contributed by atoms with Crippen molar-refractivity contribution in [3.8, 4) is 0 Å². The Labute approximate surface area is 160 Å². The first-order valence-corrected chi connectivity index (χ1v) is 10.3. The summed E-state index contributed by atoms with van der Waals surface area (Å²) in [7, 11) is 1.93. The van der Waals surface area contributed by atoms with Gasteiger partial charge in [-0.3, -0.25) is 9.89 Å². The maximum absolute atomic E-state index is 13.1. The van der Waals surface area contributed by atoms with E-state index in [-0.39, 0.29) is 5.56 Å². The Morgan fingerprint density at radius 2 is 2.15 bits per heavy atom. The molecule has 0 bridgehead atoms. The molecule has 1 aliphatic carbocycles. The first kappa shape index (κ1) is 16.7. The molecule has 8 heteroatoms. The van der Waals surface area contributed by atoms with Gasteiger partial charge < -0.3 is 4.57 Å². The van der Waals surface area contributed by atoms with Crippen molar-refractivity contribution in [2.45, 2.75) is 45.1 Å². The van der Waals surface area contributed by atoms with Crippen molar-refractivity contribution >= 4 is 32.6 Å². The second-order valence-corrected chi connectivity index (χ2v) is 8.56. The smallest absolute Gasteiger partial charge is 0.291 e. The third-order valence-corrected chi connectivity index (χ3v) is 6.70. The first-order chi connectivity index (χ1) is 13.2. The number of hydrogen-bond acceptors (Lipinski definition) is 5. The van der Waals surface area contributed by atoms with Crippen LogP contribution in [-0.4, -0.2) is 29.5 Å². The predicted octanol–water partition coefficient (Wildman–Crippen LogP) is 3.24. The summed E-state index contributed by atoms with van der Waals surface area (Å²) in [6.07, 6.45) is 10.6. The Hall–Kier alpha value is -2.48. The number of nitrogens with zero attached hydrogens (tertiary/aromatic N) is 5. The summed E-state index contributed by atoms with van der Waals surface area (Å²) in [5.41, 5.74) is 2.61. The van der Waals surface area contributed by atoms with Crippen molar-refractivity contribution in [1.29, 1.82) is 0 Å². The van der Waals surface area contributed by atoms with Crippen LogP contribution < -0.4 is 5.56 Å². The largest absolute Gasteiger partial charge is 0.323 e. The SMILES string of the molecule is Cn1c2nc(Cc3ccn[nH]3)sc2c2cnn(CC3CCCCC3)c(=O)c21. The summed E-state index contributed by atoms with van der Waals surface area (Å²) in [5, 5.41) is 13.4. The van der Waals surface area contributed by atoms with Crippen molar-refractivity contribution in [3.05, 3.63) is 39.5 Å². The Bertz CT molecular complexity index is 1150. The van der Waals surface area contributed by atoms with Gasteiger partial charge in [0, 0.05) is 37.3 Å². The van der Waals surface area contributed by atoms with Gasteiger partial charge in [0.25, 0.3) is 5.56 Å². The van der Waals surface area contributed by atoms with Crippen LogP contribution >= 0.6 is 11.3 Å². The molecule has 4 heterocycles. The number of hydrogen-bond donors (Lipinski definition) is 1. The summed E-state index contributed by atoms with van der Waals surface area (Å²) in [6, 6.07) is 1.95. The van der Waals surface area contributed by atoms with E-state index >= 15 is 0 Å². The number of rotatable bonds is 4. The van der Waals surface area contributed by atoms with Crippen LogP contribution in [-0.2, 0) is 20.0 Å². The van der Waals surface area contributed by atoms with Crippen molar-refractivity contribution in [3.63, 3.8) is 0 Å². The average molecular weight is 382 g/mol. The number of aromatic nitrogens is 6. The third kappa shape index (κ3) is 2.88. The lowest BCUT2D eigenvalue weighted by molar-refractivity contribution is 0.303. The summed E-state index contributed by atoms with van der Waals surface area (Å²) >= 11 is 1.63. The fraction of sp³-hybridized carbons (Fsp3) is 0.474. The van der Waals surface area contributed by atoms with E-state index in [9.17, 15) is 4.79 Å². The Morgan fingerprint density at radius 1 is 1.30 bits per heavy atom. The number of aromatic amines is 1. The molecule has 4 aromatic rings. The van der Waals surface area contributed by atoms with Gasteiger partial charge in [-0.25, -0.2) is 9.67 Å². The Morgan fingerprint density at radius 3 is 2.93 bits per heavy atom. The van der Waals surface area contributed by atoms with Gasteiger partial charge in [0.2, 0.25) is 0 Å². The Balaban J connectivity index is 1.54. The number of H-pyrrole nitrogens is 1. The van der Waals surface area contributed by atoms with Crippen molar-refractivity contribution in [2.75, 3.05) is 0 Å². The lowest BCUT2D eigenvalue weighted by atomic mass is 9.89. The average Bonchev–Trinajstić information content (AvgIpc) is 3.38. The van der Waals surface area contributed by atoms with Gasteiger partial charge in [0.05, 0.1) is 10.9 Å². The van der Waals surface area contributed by atoms with Crippen LogP contribution in [0.1, 0.15) is 42.8 Å². The van der Waals surface area contributed by atoms with Gasteiger partial charge in [-0.05, 0) is 24.8 Å². The molecule has 0 aromatic carbocycles. The second kappa shape index (κ2) is 6.60. The Kier molecular flexibility index (Phi) is 4.07. The summed E-state index contributed by atoms with van der Waals surface area (Å²) in [4.78, 5) is 17.8. The lowest BCUT2D eigenvalue weighted by Gasteiger charge is -2.21. The van der Waals surface area contributed by atoms with E-state index in [1.807, 2.05) is 23.9 Å². The van der Waals surface area contributed by atoms with E-state index in [1.165, 1.54) is 32.1 Å². The van der Waals surface area contributed by atoms with Gasteiger partial charge >= 0.3 is 0 Å². The molecule has 1 fully saturated rings. The zero-order valence-electron chi connectivity index (χ0n) is 15.3. The predicted molar refractivity (Wildman–Crippen MR) is 106 cm³/mol. The number of aryl methyl sites for hydroxylation is 1. The van der Waals surface area contributed by atoms with Crippen molar-refractivity contribution < 1.29 is 0 Å². The number of thiazole rings is 1. The standard InChI is InChI=1S/C19H22N6OS/c1-24-16-14(10-21-25(19(16)26)11-12-5-3-2-4-6-12)17-18(24)22-15(27-17)9-13-7-8-20-23-13/h7-8,10,12H,2-6,9,11H2,1H3,(H,20,23). The van der Waals surface area contributed by atoms with E-state index in [0.29, 0.717) is 17.9 Å². The topological polar surface area (TPSA) is 81.4 Å². The van der Waals surface area contributed by atoms with Gasteiger partial charge in [-0.15, -0.1) is 11.3 Å². The van der Waals surface area contributed by atoms with Crippen LogP contribution in [0.15, 0.2) is 23.3 Å². The molecule has 4 aromatic heterocycles. The zero-order chi connectivity index (χ0) is 18.4. The zero-order valence-corrected chi connectivity index (χ0v) is 16.1. The van der Waals surface area contributed by atoms with Crippen molar-refractivity contribution in [2.24, 2.45) is 13.0 Å². The fourth-order valence-corrected chi connectivity index (χ4v) is 5.33. The molecular formula is C19H22N6OS. The minimum Gasteiger partial charge on any atom is -0.323 e. The molecule has 1 saturated carbocycles. The molecule has 5 rings (SSSR count). The number of fused-ring (bicyclic) bond motifs is 3. The molecule has 0 amide bonds. The molecule has 0 spiro atoms. The van der Waals surface area contributed by atoms with Crippen molar-refractivity contribution in [1.82, 2.24) is 29.5 Å². The molecular weight excluding hydrogens is 360 g/mol. The molecule has 0 unspecified atom stereocenters. The van der Waals surface area contributed by atoms with Gasteiger partial charge in [-0.2, -0.15) is 10.2 Å². The van der Waals surface area contributed by atoms with E-state index in [4.69, 9.17) is 4.98 Å². The second-order valence-electron chi connectivity index (χ2n) is 7.48. The highest BCUT2D eigenvalue weighted by molar-refractivity contribution is 7.19. The molecule has 27 heavy (non-hydrogen) atoms. The molecule has 0 saturated heterocycles. The maximum atomic E-state index is 13.1. The van der Waals surface area contributed by atoms with Gasteiger partial charge in [-0.1, -0.05) is 19.3 Å². The summed E-state index contributed by atoms with van der Waals surface area (Å²) in [5.74, 6) is 0.571. The van der Waals surface area contributed by atoms with Crippen LogP contribution in [0.5, 0.6) is 0 Å². The quantitative estimate of drug-likeness (QED) is 0.587. The third-order valence-electron chi connectivity index (χ3n) is 5.63. The highest BCUT2D eigenvalue weighted by atomic mass is 32.1. The van der Waals surface area contributed by atoms with Gasteiger partial charge in [0.1, 0.15) is 10.5 Å². The van der Waals surface area contributed by atoms with Crippen LogP contribution in [0, 0.1) is 5.92 Å². The van der Waals surface area contributed by atoms with Crippen LogP contribution in [0.4, 0.5) is 0 Å². The van der Waals surface area contributed by atoms with Crippen LogP contribution in [0.2, 0.25) is 0 Å². The molecule has 1 aliphatic rings. The van der Waals surface area contributed by atoms with E-state index in [0.717, 1.165) is 33.0 Å². The van der Waals surface area contributed by atoms with Gasteiger partial charge in [0.15, 0.2) is 5.65 Å². The maximum Gasteiger partial charge on any atom is 0.291 e. The molecule has 0 radical (unpaired) electrons. The highest BCUT2D eigenvalue weighted by Crippen LogP contribution is 2.31. The monoisotopic (exact) mass is 382 g/mol. The molecule has 140 valence electrons. The molecule has 0 aliphatic heterocycles. The normalized spacial score (nSPS) is 15.9. The van der Waals surface area contributed by atoms with E-state index in [2.05, 4.69) is 15.3 Å². The first-order valence-electron chi connectivity index (χ1n) is 9.53. The molecule has 0 atom stereocenters. The van der Waals surface area contributed by atoms with Crippen LogP contribution in [0.3, 0.4) is 0 Å². The minimum absolute atomic E-state index is 0.000825. The fourth-order valence-electron chi connectivity index (χ4n) is 4.20. The summed E-state index contributed by atoms with van der Waals surface area (Å²) in [6.45, 7) is 0.728. The minimum atomic E-state index is 0.000825. The highest BCUT2D eigenvalue weighted by Gasteiger charge is 2.20. The van der Waals surface area contributed by atoms with E-state index in [1.54, 1.807) is 22.2 Å². The van der Waals surface area contributed by atoms with E-state index < -0.39 is 0 Å².